The lowest BCUT2D eigenvalue weighted by atomic mass is 10.1. The van der Waals surface area contributed by atoms with Crippen LogP contribution in [0.4, 0.5) is 11.6 Å². The van der Waals surface area contributed by atoms with Crippen molar-refractivity contribution in [1.29, 1.82) is 0 Å². The number of benzene rings is 1. The number of methoxy groups -OCH3 is 1. The Labute approximate surface area is 111 Å². The molecule has 6 nitrogen and oxygen atoms in total. The van der Waals surface area contributed by atoms with Crippen molar-refractivity contribution in [3.05, 3.63) is 36.2 Å². The molecule has 2 rings (SSSR count). The Morgan fingerprint density at radius 2 is 2.00 bits per heavy atom. The van der Waals surface area contributed by atoms with Crippen LogP contribution in [0, 0.1) is 0 Å². The molecule has 0 atom stereocenters. The van der Waals surface area contributed by atoms with Crippen LogP contribution in [0.15, 0.2) is 30.6 Å². The van der Waals surface area contributed by atoms with Crippen LogP contribution >= 0.6 is 0 Å². The van der Waals surface area contributed by atoms with Crippen molar-refractivity contribution < 1.29 is 9.84 Å². The third kappa shape index (κ3) is 3.25. The SMILES string of the molecule is COc1c(N)ncnc1NCCc1ccc(O)cc1. The van der Waals surface area contributed by atoms with Crippen molar-refractivity contribution in [3.8, 4) is 11.5 Å². The molecular formula is C13H16N4O2. The molecule has 0 unspecified atom stereocenters. The van der Waals surface area contributed by atoms with Gasteiger partial charge in [0, 0.05) is 6.54 Å². The number of aromatic nitrogens is 2. The highest BCUT2D eigenvalue weighted by Crippen LogP contribution is 2.26. The van der Waals surface area contributed by atoms with E-state index in [0.717, 1.165) is 12.0 Å². The average molecular weight is 260 g/mol. The largest absolute Gasteiger partial charge is 0.508 e. The maximum atomic E-state index is 9.20. The fourth-order valence-electron chi connectivity index (χ4n) is 1.70. The summed E-state index contributed by atoms with van der Waals surface area (Å²) in [5, 5.41) is 12.3. The van der Waals surface area contributed by atoms with Gasteiger partial charge in [-0.15, -0.1) is 0 Å². The van der Waals surface area contributed by atoms with E-state index in [-0.39, 0.29) is 5.75 Å². The summed E-state index contributed by atoms with van der Waals surface area (Å²) in [4.78, 5) is 7.95. The summed E-state index contributed by atoms with van der Waals surface area (Å²) < 4.78 is 5.15. The number of hydrogen-bond donors (Lipinski definition) is 3. The second kappa shape index (κ2) is 5.90. The molecule has 0 spiro atoms. The third-order valence-corrected chi connectivity index (χ3v) is 2.68. The van der Waals surface area contributed by atoms with E-state index < -0.39 is 0 Å². The number of phenols is 1. The number of ether oxygens (including phenoxy) is 1. The average Bonchev–Trinajstić information content (AvgIpc) is 2.41. The Morgan fingerprint density at radius 1 is 1.26 bits per heavy atom. The second-order valence-electron chi connectivity index (χ2n) is 3.98. The van der Waals surface area contributed by atoms with Gasteiger partial charge in [0.2, 0.25) is 5.75 Å². The molecule has 0 aliphatic rings. The number of hydrogen-bond acceptors (Lipinski definition) is 6. The van der Waals surface area contributed by atoms with E-state index in [0.29, 0.717) is 23.9 Å². The molecule has 19 heavy (non-hydrogen) atoms. The first-order valence-electron chi connectivity index (χ1n) is 5.87. The van der Waals surface area contributed by atoms with Gasteiger partial charge in [-0.25, -0.2) is 9.97 Å². The number of nitrogen functional groups attached to an aromatic ring is 1. The summed E-state index contributed by atoms with van der Waals surface area (Å²) in [7, 11) is 1.53. The fourth-order valence-corrected chi connectivity index (χ4v) is 1.70. The first-order valence-corrected chi connectivity index (χ1v) is 5.87. The van der Waals surface area contributed by atoms with Gasteiger partial charge in [-0.3, -0.25) is 0 Å². The summed E-state index contributed by atoms with van der Waals surface area (Å²) in [6.45, 7) is 0.678. The van der Waals surface area contributed by atoms with Gasteiger partial charge in [0.15, 0.2) is 11.6 Å². The zero-order valence-corrected chi connectivity index (χ0v) is 10.6. The number of anilines is 2. The number of phenolic OH excluding ortho intramolecular Hbond substituents is 1. The summed E-state index contributed by atoms with van der Waals surface area (Å²) in [6, 6.07) is 7.09. The Morgan fingerprint density at radius 3 is 2.68 bits per heavy atom. The van der Waals surface area contributed by atoms with Crippen molar-refractivity contribution in [2.24, 2.45) is 0 Å². The molecular weight excluding hydrogens is 244 g/mol. The van der Waals surface area contributed by atoms with Crippen LogP contribution in [0.25, 0.3) is 0 Å². The zero-order chi connectivity index (χ0) is 13.7. The summed E-state index contributed by atoms with van der Waals surface area (Å²) in [5.41, 5.74) is 6.80. The predicted octanol–water partition coefficient (Wildman–Crippen LogP) is 1.43. The molecule has 0 amide bonds. The lowest BCUT2D eigenvalue weighted by Gasteiger charge is -2.10. The number of nitrogens with two attached hydrogens (primary N) is 1. The van der Waals surface area contributed by atoms with Gasteiger partial charge < -0.3 is 20.9 Å². The summed E-state index contributed by atoms with van der Waals surface area (Å²) in [6.07, 6.45) is 2.19. The van der Waals surface area contributed by atoms with E-state index >= 15 is 0 Å². The summed E-state index contributed by atoms with van der Waals surface area (Å²) in [5.74, 6) is 1.61. The first kappa shape index (κ1) is 12.9. The van der Waals surface area contributed by atoms with Crippen LogP contribution < -0.4 is 15.8 Å². The fraction of sp³-hybridized carbons (Fsp3) is 0.231. The Hall–Kier alpha value is -2.50. The molecule has 4 N–H and O–H groups in total. The molecule has 1 aromatic heterocycles. The van der Waals surface area contributed by atoms with Crippen LogP contribution in [-0.4, -0.2) is 28.7 Å². The number of nitrogens with one attached hydrogen (secondary N) is 1. The standard InChI is InChI=1S/C13H16N4O2/c1-19-11-12(14)16-8-17-13(11)15-7-6-9-2-4-10(18)5-3-9/h2-5,8,18H,6-7H2,1H3,(H3,14,15,16,17). The normalized spacial score (nSPS) is 10.2. The highest BCUT2D eigenvalue weighted by Gasteiger charge is 2.08. The van der Waals surface area contributed by atoms with Crippen LogP contribution in [-0.2, 0) is 6.42 Å². The number of rotatable bonds is 5. The van der Waals surface area contributed by atoms with E-state index in [1.165, 1.54) is 13.4 Å². The minimum absolute atomic E-state index is 0.266. The number of aromatic hydroxyl groups is 1. The first-order chi connectivity index (χ1) is 9.20. The highest BCUT2D eigenvalue weighted by atomic mass is 16.5. The van der Waals surface area contributed by atoms with Crippen molar-refractivity contribution >= 4 is 11.6 Å². The monoisotopic (exact) mass is 260 g/mol. The Bertz CT molecular complexity index is 543. The lowest BCUT2D eigenvalue weighted by Crippen LogP contribution is -2.09. The molecule has 0 fully saturated rings. The van der Waals surface area contributed by atoms with Gasteiger partial charge in [0.25, 0.3) is 0 Å². The van der Waals surface area contributed by atoms with Crippen molar-refractivity contribution in [3.63, 3.8) is 0 Å². The quantitative estimate of drug-likeness (QED) is 0.753. The third-order valence-electron chi connectivity index (χ3n) is 2.68. The maximum absolute atomic E-state index is 9.20. The molecule has 0 bridgehead atoms. The molecule has 1 heterocycles. The molecule has 0 aliphatic carbocycles. The van der Waals surface area contributed by atoms with Crippen molar-refractivity contribution in [2.45, 2.75) is 6.42 Å². The predicted molar refractivity (Wildman–Crippen MR) is 73.3 cm³/mol. The van der Waals surface area contributed by atoms with Crippen molar-refractivity contribution in [1.82, 2.24) is 9.97 Å². The minimum Gasteiger partial charge on any atom is -0.508 e. The number of nitrogens with zero attached hydrogens (tertiary/aromatic N) is 2. The van der Waals surface area contributed by atoms with E-state index in [1.807, 2.05) is 12.1 Å². The van der Waals surface area contributed by atoms with Crippen LogP contribution in [0.5, 0.6) is 11.5 Å². The molecule has 0 aliphatic heterocycles. The minimum atomic E-state index is 0.266. The van der Waals surface area contributed by atoms with Gasteiger partial charge in [0.05, 0.1) is 7.11 Å². The lowest BCUT2D eigenvalue weighted by molar-refractivity contribution is 0.415. The van der Waals surface area contributed by atoms with E-state index in [2.05, 4.69) is 15.3 Å². The molecule has 100 valence electrons. The molecule has 2 aromatic rings. The van der Waals surface area contributed by atoms with Crippen LogP contribution in [0.3, 0.4) is 0 Å². The van der Waals surface area contributed by atoms with Crippen LogP contribution in [0.1, 0.15) is 5.56 Å². The Kier molecular flexibility index (Phi) is 4.02. The van der Waals surface area contributed by atoms with Crippen LogP contribution in [0.2, 0.25) is 0 Å². The second-order valence-corrected chi connectivity index (χ2v) is 3.98. The topological polar surface area (TPSA) is 93.3 Å². The highest BCUT2D eigenvalue weighted by molar-refractivity contribution is 5.61. The van der Waals surface area contributed by atoms with Gasteiger partial charge >= 0.3 is 0 Å². The van der Waals surface area contributed by atoms with E-state index in [4.69, 9.17) is 10.5 Å². The van der Waals surface area contributed by atoms with E-state index in [1.54, 1.807) is 12.1 Å². The van der Waals surface area contributed by atoms with E-state index in [9.17, 15) is 5.11 Å². The summed E-state index contributed by atoms with van der Waals surface area (Å²) >= 11 is 0. The van der Waals surface area contributed by atoms with Gasteiger partial charge in [0.1, 0.15) is 12.1 Å². The molecule has 0 saturated heterocycles. The smallest absolute Gasteiger partial charge is 0.203 e. The molecule has 1 aromatic carbocycles. The molecule has 6 heteroatoms. The van der Waals surface area contributed by atoms with Gasteiger partial charge in [-0.2, -0.15) is 0 Å². The van der Waals surface area contributed by atoms with Gasteiger partial charge in [-0.1, -0.05) is 12.1 Å². The maximum Gasteiger partial charge on any atom is 0.203 e. The Balaban J connectivity index is 1.96. The molecule has 0 radical (unpaired) electrons. The van der Waals surface area contributed by atoms with Gasteiger partial charge in [-0.05, 0) is 24.1 Å². The van der Waals surface area contributed by atoms with Crippen molar-refractivity contribution in [2.75, 3.05) is 24.7 Å². The zero-order valence-electron chi connectivity index (χ0n) is 10.6. The molecule has 0 saturated carbocycles.